The zero-order chi connectivity index (χ0) is 13.0. The second kappa shape index (κ2) is 5.82. The summed E-state index contributed by atoms with van der Waals surface area (Å²) in [4.78, 5) is 17.5. The quantitative estimate of drug-likeness (QED) is 0.826. The Morgan fingerprint density at radius 1 is 1.56 bits per heavy atom. The van der Waals surface area contributed by atoms with E-state index in [1.165, 1.54) is 0 Å². The highest BCUT2D eigenvalue weighted by Crippen LogP contribution is 2.21. The predicted molar refractivity (Wildman–Crippen MR) is 69.2 cm³/mol. The number of amides is 1. The van der Waals surface area contributed by atoms with Crippen LogP contribution >= 0.6 is 0 Å². The van der Waals surface area contributed by atoms with E-state index in [0.717, 1.165) is 37.3 Å². The van der Waals surface area contributed by atoms with E-state index in [0.29, 0.717) is 0 Å². The molecule has 5 nitrogen and oxygen atoms in total. The minimum absolute atomic E-state index is 0.00873. The molecule has 1 aromatic rings. The summed E-state index contributed by atoms with van der Waals surface area (Å²) in [7, 11) is 0. The molecule has 0 bridgehead atoms. The van der Waals surface area contributed by atoms with Crippen LogP contribution in [0.2, 0.25) is 0 Å². The van der Waals surface area contributed by atoms with E-state index in [4.69, 9.17) is 0 Å². The Labute approximate surface area is 107 Å². The standard InChI is InChI=1S/C13H19N3O2/c1-10(18)15-12-4-7-16(8-5-12)13-11(9-17)3-2-6-14-13/h2-3,6,12,17H,4-5,7-9H2,1H3,(H,15,18). The molecule has 2 rings (SSSR count). The van der Waals surface area contributed by atoms with Crippen molar-refractivity contribution in [2.45, 2.75) is 32.4 Å². The van der Waals surface area contributed by atoms with Gasteiger partial charge in [0.05, 0.1) is 6.61 Å². The molecule has 98 valence electrons. The number of hydrogen-bond donors (Lipinski definition) is 2. The van der Waals surface area contributed by atoms with Crippen molar-refractivity contribution in [2.75, 3.05) is 18.0 Å². The van der Waals surface area contributed by atoms with Gasteiger partial charge in [-0.25, -0.2) is 4.98 Å². The summed E-state index contributed by atoms with van der Waals surface area (Å²) in [6.07, 6.45) is 3.58. The lowest BCUT2D eigenvalue weighted by molar-refractivity contribution is -0.119. The van der Waals surface area contributed by atoms with Gasteiger partial charge in [-0.1, -0.05) is 6.07 Å². The van der Waals surface area contributed by atoms with Crippen LogP contribution < -0.4 is 10.2 Å². The first kappa shape index (κ1) is 12.8. The van der Waals surface area contributed by atoms with Gasteiger partial charge in [-0.3, -0.25) is 4.79 Å². The van der Waals surface area contributed by atoms with Crippen LogP contribution in [0.15, 0.2) is 18.3 Å². The smallest absolute Gasteiger partial charge is 0.217 e. The van der Waals surface area contributed by atoms with Crippen LogP contribution in [0.25, 0.3) is 0 Å². The fraction of sp³-hybridized carbons (Fsp3) is 0.538. The number of aliphatic hydroxyl groups excluding tert-OH is 1. The number of nitrogens with zero attached hydrogens (tertiary/aromatic N) is 2. The van der Waals surface area contributed by atoms with E-state index in [9.17, 15) is 9.90 Å². The summed E-state index contributed by atoms with van der Waals surface area (Å²) < 4.78 is 0. The predicted octanol–water partition coefficient (Wildman–Crippen LogP) is 0.679. The lowest BCUT2D eigenvalue weighted by Gasteiger charge is -2.33. The average molecular weight is 249 g/mol. The van der Waals surface area contributed by atoms with Gasteiger partial charge in [0.2, 0.25) is 5.91 Å². The summed E-state index contributed by atoms with van der Waals surface area (Å²) in [5.74, 6) is 0.892. The summed E-state index contributed by atoms with van der Waals surface area (Å²) in [6, 6.07) is 3.99. The molecule has 0 radical (unpaired) electrons. The number of aromatic nitrogens is 1. The van der Waals surface area contributed by atoms with Gasteiger partial charge in [0.25, 0.3) is 0 Å². The number of nitrogens with one attached hydrogen (secondary N) is 1. The van der Waals surface area contributed by atoms with Gasteiger partial charge in [-0.15, -0.1) is 0 Å². The van der Waals surface area contributed by atoms with Crippen LogP contribution in [0.5, 0.6) is 0 Å². The summed E-state index contributed by atoms with van der Waals surface area (Å²) >= 11 is 0. The maximum absolute atomic E-state index is 11.0. The lowest BCUT2D eigenvalue weighted by atomic mass is 10.0. The Hall–Kier alpha value is -1.62. The van der Waals surface area contributed by atoms with E-state index < -0.39 is 0 Å². The maximum atomic E-state index is 11.0. The molecule has 0 atom stereocenters. The molecule has 0 spiro atoms. The molecule has 1 saturated heterocycles. The van der Waals surface area contributed by atoms with E-state index in [1.54, 1.807) is 13.1 Å². The molecule has 1 amide bonds. The number of carbonyl (C=O) groups is 1. The Morgan fingerprint density at radius 3 is 2.89 bits per heavy atom. The molecule has 1 fully saturated rings. The fourth-order valence-corrected chi connectivity index (χ4v) is 2.36. The summed E-state index contributed by atoms with van der Waals surface area (Å²) in [5, 5.41) is 12.2. The highest BCUT2D eigenvalue weighted by molar-refractivity contribution is 5.73. The van der Waals surface area contributed by atoms with Crippen LogP contribution in [-0.2, 0) is 11.4 Å². The van der Waals surface area contributed by atoms with E-state index in [1.807, 2.05) is 12.1 Å². The lowest BCUT2D eigenvalue weighted by Crippen LogP contribution is -2.44. The Kier molecular flexibility index (Phi) is 4.15. The SMILES string of the molecule is CC(=O)NC1CCN(c2ncccc2CO)CC1. The normalized spacial score (nSPS) is 16.7. The van der Waals surface area contributed by atoms with Crippen molar-refractivity contribution in [3.63, 3.8) is 0 Å². The minimum Gasteiger partial charge on any atom is -0.392 e. The molecule has 0 aliphatic carbocycles. The maximum Gasteiger partial charge on any atom is 0.217 e. The second-order valence-corrected chi connectivity index (χ2v) is 4.61. The molecule has 1 aromatic heterocycles. The number of hydrogen-bond acceptors (Lipinski definition) is 4. The van der Waals surface area contributed by atoms with Crippen LogP contribution in [-0.4, -0.2) is 35.1 Å². The van der Waals surface area contributed by atoms with Gasteiger partial charge in [-0.05, 0) is 18.9 Å². The third-order valence-electron chi connectivity index (χ3n) is 3.24. The molecule has 0 unspecified atom stereocenters. The van der Waals surface area contributed by atoms with Gasteiger partial charge < -0.3 is 15.3 Å². The molecule has 18 heavy (non-hydrogen) atoms. The van der Waals surface area contributed by atoms with Crippen LogP contribution in [0.1, 0.15) is 25.3 Å². The monoisotopic (exact) mass is 249 g/mol. The van der Waals surface area contributed by atoms with Crippen molar-refractivity contribution >= 4 is 11.7 Å². The van der Waals surface area contributed by atoms with Gasteiger partial charge in [-0.2, -0.15) is 0 Å². The Morgan fingerprint density at radius 2 is 2.28 bits per heavy atom. The molecule has 0 aromatic carbocycles. The summed E-state index contributed by atoms with van der Waals surface area (Å²) in [6.45, 7) is 3.27. The number of anilines is 1. The van der Waals surface area contributed by atoms with Crippen molar-refractivity contribution in [1.29, 1.82) is 0 Å². The van der Waals surface area contributed by atoms with Gasteiger partial charge in [0.15, 0.2) is 0 Å². The van der Waals surface area contributed by atoms with Gasteiger partial charge in [0.1, 0.15) is 5.82 Å². The molecule has 2 N–H and O–H groups in total. The summed E-state index contributed by atoms with van der Waals surface area (Å²) in [5.41, 5.74) is 0.857. The third-order valence-corrected chi connectivity index (χ3v) is 3.24. The molecule has 0 saturated carbocycles. The second-order valence-electron chi connectivity index (χ2n) is 4.61. The third kappa shape index (κ3) is 2.98. The highest BCUT2D eigenvalue weighted by Gasteiger charge is 2.21. The molecule has 1 aliphatic heterocycles. The van der Waals surface area contributed by atoms with Crippen molar-refractivity contribution in [2.24, 2.45) is 0 Å². The zero-order valence-electron chi connectivity index (χ0n) is 10.6. The number of rotatable bonds is 3. The first-order valence-electron chi connectivity index (χ1n) is 6.27. The number of carbonyl (C=O) groups excluding carboxylic acids is 1. The van der Waals surface area contributed by atoms with Crippen molar-refractivity contribution in [3.05, 3.63) is 23.9 Å². The fourth-order valence-electron chi connectivity index (χ4n) is 2.36. The number of aliphatic hydroxyl groups is 1. The van der Waals surface area contributed by atoms with Crippen molar-refractivity contribution in [1.82, 2.24) is 10.3 Å². The average Bonchev–Trinajstić information content (AvgIpc) is 2.39. The largest absolute Gasteiger partial charge is 0.392 e. The molecule has 5 heteroatoms. The van der Waals surface area contributed by atoms with Crippen molar-refractivity contribution < 1.29 is 9.90 Å². The first-order valence-corrected chi connectivity index (χ1v) is 6.27. The van der Waals surface area contributed by atoms with E-state index in [2.05, 4.69) is 15.2 Å². The van der Waals surface area contributed by atoms with Crippen LogP contribution in [0.3, 0.4) is 0 Å². The molecule has 1 aliphatic rings. The van der Waals surface area contributed by atoms with Crippen LogP contribution in [0.4, 0.5) is 5.82 Å². The zero-order valence-corrected chi connectivity index (χ0v) is 10.6. The Balaban J connectivity index is 1.99. The highest BCUT2D eigenvalue weighted by atomic mass is 16.3. The van der Waals surface area contributed by atoms with Crippen molar-refractivity contribution in [3.8, 4) is 0 Å². The topological polar surface area (TPSA) is 65.5 Å². The molecular formula is C13H19N3O2. The number of pyridine rings is 1. The van der Waals surface area contributed by atoms with E-state index >= 15 is 0 Å². The van der Waals surface area contributed by atoms with Gasteiger partial charge >= 0.3 is 0 Å². The van der Waals surface area contributed by atoms with Gasteiger partial charge in [0, 0.05) is 37.8 Å². The minimum atomic E-state index is 0.00873. The first-order chi connectivity index (χ1) is 8.70. The van der Waals surface area contributed by atoms with E-state index in [-0.39, 0.29) is 18.6 Å². The Bertz CT molecular complexity index is 414. The van der Waals surface area contributed by atoms with Crippen LogP contribution in [0, 0.1) is 0 Å². The molecular weight excluding hydrogens is 230 g/mol. The molecule has 2 heterocycles. The number of piperidine rings is 1.